The van der Waals surface area contributed by atoms with Gasteiger partial charge in [0.25, 0.3) is 11.6 Å². The number of hydrogen-bond donors (Lipinski definition) is 1. The van der Waals surface area contributed by atoms with Crippen LogP contribution in [0, 0.1) is 24.0 Å². The standard InChI is InChI=1S/C19H22N4O5S/c1-13-8-9-17(10-14(13)2)22(29(4,27)28)12-19(24)21-20-15(3)16-6-5-7-18(11-16)23(25)26/h5-11H,12H2,1-4H3,(H,21,24)/b20-15-. The molecule has 2 rings (SSSR count). The predicted octanol–water partition coefficient (Wildman–Crippen LogP) is 2.52. The summed E-state index contributed by atoms with van der Waals surface area (Å²) in [6, 6.07) is 10.9. The van der Waals surface area contributed by atoms with E-state index < -0.39 is 27.4 Å². The molecule has 2 aromatic rings. The molecule has 0 atom stereocenters. The lowest BCUT2D eigenvalue weighted by Gasteiger charge is -2.22. The van der Waals surface area contributed by atoms with Crippen LogP contribution in [-0.2, 0) is 14.8 Å². The van der Waals surface area contributed by atoms with E-state index in [1.54, 1.807) is 31.2 Å². The third kappa shape index (κ3) is 5.85. The Hall–Kier alpha value is -3.27. The Kier molecular flexibility index (Phi) is 6.70. The number of nitro benzene ring substituents is 1. The SMILES string of the molecule is C/C(=N/NC(=O)CN(c1ccc(C)c(C)c1)S(C)(=O)=O)c1cccc([N+](=O)[O-])c1. The molecule has 29 heavy (non-hydrogen) atoms. The molecule has 0 unspecified atom stereocenters. The van der Waals surface area contributed by atoms with Crippen molar-refractivity contribution in [2.45, 2.75) is 20.8 Å². The van der Waals surface area contributed by atoms with Gasteiger partial charge in [-0.3, -0.25) is 19.2 Å². The number of nitrogens with zero attached hydrogens (tertiary/aromatic N) is 3. The summed E-state index contributed by atoms with van der Waals surface area (Å²) in [5.74, 6) is -0.640. The van der Waals surface area contributed by atoms with E-state index in [1.165, 1.54) is 18.2 Å². The van der Waals surface area contributed by atoms with Crippen LogP contribution in [0.3, 0.4) is 0 Å². The van der Waals surface area contributed by atoms with Gasteiger partial charge in [-0.1, -0.05) is 18.2 Å². The van der Waals surface area contributed by atoms with Crippen LogP contribution in [0.25, 0.3) is 0 Å². The minimum absolute atomic E-state index is 0.0960. The highest BCUT2D eigenvalue weighted by atomic mass is 32.2. The number of nitro groups is 1. The maximum absolute atomic E-state index is 12.3. The molecule has 10 heteroatoms. The molecule has 1 amide bonds. The molecule has 0 bridgehead atoms. The summed E-state index contributed by atoms with van der Waals surface area (Å²) in [5.41, 5.74) is 5.30. The fourth-order valence-corrected chi connectivity index (χ4v) is 3.35. The van der Waals surface area contributed by atoms with Crippen molar-refractivity contribution >= 4 is 33.0 Å². The monoisotopic (exact) mass is 418 g/mol. The molecule has 0 saturated heterocycles. The Morgan fingerprint density at radius 3 is 2.45 bits per heavy atom. The van der Waals surface area contributed by atoms with Crippen LogP contribution in [-0.4, -0.2) is 37.8 Å². The Balaban J connectivity index is 2.18. The number of anilines is 1. The van der Waals surface area contributed by atoms with Crippen molar-refractivity contribution < 1.29 is 18.1 Å². The van der Waals surface area contributed by atoms with E-state index in [0.29, 0.717) is 17.0 Å². The van der Waals surface area contributed by atoms with Crippen LogP contribution in [0.5, 0.6) is 0 Å². The van der Waals surface area contributed by atoms with Gasteiger partial charge in [0.1, 0.15) is 6.54 Å². The number of rotatable bonds is 7. The molecule has 0 aliphatic rings. The number of non-ortho nitro benzene ring substituents is 1. The largest absolute Gasteiger partial charge is 0.271 e. The van der Waals surface area contributed by atoms with Crippen molar-refractivity contribution in [1.82, 2.24) is 5.43 Å². The van der Waals surface area contributed by atoms with Crippen molar-refractivity contribution in [3.8, 4) is 0 Å². The van der Waals surface area contributed by atoms with Gasteiger partial charge in [0.15, 0.2) is 0 Å². The van der Waals surface area contributed by atoms with Gasteiger partial charge in [-0.15, -0.1) is 0 Å². The second-order valence-electron chi connectivity index (χ2n) is 6.58. The summed E-state index contributed by atoms with van der Waals surface area (Å²) in [4.78, 5) is 22.6. The zero-order valence-corrected chi connectivity index (χ0v) is 17.4. The number of carbonyl (C=O) groups is 1. The average molecular weight is 418 g/mol. The molecular formula is C19H22N4O5S. The van der Waals surface area contributed by atoms with E-state index in [-0.39, 0.29) is 5.69 Å². The van der Waals surface area contributed by atoms with E-state index in [2.05, 4.69) is 10.5 Å². The highest BCUT2D eigenvalue weighted by Gasteiger charge is 2.21. The first kappa shape index (κ1) is 22.0. The van der Waals surface area contributed by atoms with Gasteiger partial charge in [0.05, 0.1) is 22.6 Å². The summed E-state index contributed by atoms with van der Waals surface area (Å²) in [5, 5.41) is 14.8. The molecule has 0 saturated carbocycles. The normalized spacial score (nSPS) is 11.8. The Bertz CT molecular complexity index is 1080. The van der Waals surface area contributed by atoms with Crippen molar-refractivity contribution in [2.75, 3.05) is 17.1 Å². The zero-order valence-electron chi connectivity index (χ0n) is 16.5. The number of hydrazone groups is 1. The topological polar surface area (TPSA) is 122 Å². The Labute approximate surface area is 169 Å². The second kappa shape index (κ2) is 8.82. The molecule has 0 aliphatic carbocycles. The molecule has 0 spiro atoms. The molecule has 0 aromatic heterocycles. The summed E-state index contributed by atoms with van der Waals surface area (Å²) in [6.07, 6.45) is 1.02. The van der Waals surface area contributed by atoms with Crippen molar-refractivity contribution in [3.05, 3.63) is 69.3 Å². The van der Waals surface area contributed by atoms with Crippen molar-refractivity contribution in [3.63, 3.8) is 0 Å². The number of amides is 1. The maximum atomic E-state index is 12.3. The summed E-state index contributed by atoms with van der Waals surface area (Å²) < 4.78 is 25.3. The summed E-state index contributed by atoms with van der Waals surface area (Å²) in [6.45, 7) is 4.89. The van der Waals surface area contributed by atoms with Gasteiger partial charge >= 0.3 is 0 Å². The quantitative estimate of drug-likeness (QED) is 0.421. The molecular weight excluding hydrogens is 396 g/mol. The first-order valence-corrected chi connectivity index (χ1v) is 10.5. The predicted molar refractivity (Wildman–Crippen MR) is 112 cm³/mol. The lowest BCUT2D eigenvalue weighted by molar-refractivity contribution is -0.384. The molecule has 2 aromatic carbocycles. The van der Waals surface area contributed by atoms with Crippen LogP contribution < -0.4 is 9.73 Å². The number of nitrogens with one attached hydrogen (secondary N) is 1. The van der Waals surface area contributed by atoms with E-state index in [9.17, 15) is 23.3 Å². The van der Waals surface area contributed by atoms with E-state index >= 15 is 0 Å². The van der Waals surface area contributed by atoms with Crippen molar-refractivity contribution in [1.29, 1.82) is 0 Å². The number of carbonyl (C=O) groups excluding carboxylic acids is 1. The van der Waals surface area contributed by atoms with Crippen molar-refractivity contribution in [2.24, 2.45) is 5.10 Å². The van der Waals surface area contributed by atoms with Gasteiger partial charge in [0.2, 0.25) is 10.0 Å². The highest BCUT2D eigenvalue weighted by molar-refractivity contribution is 7.92. The molecule has 0 heterocycles. The van der Waals surface area contributed by atoms with Crippen LogP contribution in [0.1, 0.15) is 23.6 Å². The van der Waals surface area contributed by atoms with Crippen LogP contribution in [0.2, 0.25) is 0 Å². The fourth-order valence-electron chi connectivity index (χ4n) is 2.50. The van der Waals surface area contributed by atoms with Crippen LogP contribution in [0.4, 0.5) is 11.4 Å². The summed E-state index contributed by atoms with van der Waals surface area (Å²) in [7, 11) is -3.70. The average Bonchev–Trinajstić information content (AvgIpc) is 2.65. The van der Waals surface area contributed by atoms with E-state index in [4.69, 9.17) is 0 Å². The first-order valence-electron chi connectivity index (χ1n) is 8.62. The first-order chi connectivity index (χ1) is 13.5. The van der Waals surface area contributed by atoms with Crippen LogP contribution >= 0.6 is 0 Å². The van der Waals surface area contributed by atoms with Gasteiger partial charge in [-0.25, -0.2) is 13.8 Å². The lowest BCUT2D eigenvalue weighted by Crippen LogP contribution is -2.39. The van der Waals surface area contributed by atoms with E-state index in [0.717, 1.165) is 21.7 Å². The van der Waals surface area contributed by atoms with Gasteiger partial charge in [-0.2, -0.15) is 5.10 Å². The third-order valence-corrected chi connectivity index (χ3v) is 5.43. The van der Waals surface area contributed by atoms with E-state index in [1.807, 2.05) is 13.8 Å². The zero-order chi connectivity index (χ0) is 21.8. The maximum Gasteiger partial charge on any atom is 0.270 e. The minimum Gasteiger partial charge on any atom is -0.271 e. The molecule has 0 fully saturated rings. The number of sulfonamides is 1. The number of hydrogen-bond acceptors (Lipinski definition) is 6. The molecule has 0 radical (unpaired) electrons. The lowest BCUT2D eigenvalue weighted by atomic mass is 10.1. The molecule has 1 N–H and O–H groups in total. The van der Waals surface area contributed by atoms with Gasteiger partial charge in [-0.05, 0) is 44.0 Å². The number of aryl methyl sites for hydroxylation is 2. The minimum atomic E-state index is -3.70. The molecule has 154 valence electrons. The van der Waals surface area contributed by atoms with Gasteiger partial charge in [0, 0.05) is 17.7 Å². The third-order valence-electron chi connectivity index (χ3n) is 4.29. The van der Waals surface area contributed by atoms with Crippen LogP contribution in [0.15, 0.2) is 47.6 Å². The van der Waals surface area contributed by atoms with Gasteiger partial charge < -0.3 is 0 Å². The highest BCUT2D eigenvalue weighted by Crippen LogP contribution is 2.21. The number of benzene rings is 2. The Morgan fingerprint density at radius 2 is 1.86 bits per heavy atom. The Morgan fingerprint density at radius 1 is 1.17 bits per heavy atom. The molecule has 0 aliphatic heterocycles. The summed E-state index contributed by atoms with van der Waals surface area (Å²) >= 11 is 0. The smallest absolute Gasteiger partial charge is 0.270 e. The second-order valence-corrected chi connectivity index (χ2v) is 8.48. The molecule has 9 nitrogen and oxygen atoms in total. The fraction of sp³-hybridized carbons (Fsp3) is 0.263.